The summed E-state index contributed by atoms with van der Waals surface area (Å²) < 4.78 is 0. The van der Waals surface area contributed by atoms with Crippen LogP contribution in [0.1, 0.15) is 38.5 Å². The van der Waals surface area contributed by atoms with Crippen LogP contribution in [0.4, 0.5) is 0 Å². The van der Waals surface area contributed by atoms with Crippen LogP contribution in [0, 0.1) is 11.8 Å². The summed E-state index contributed by atoms with van der Waals surface area (Å²) in [5.74, 6) is 0.373. The predicted octanol–water partition coefficient (Wildman–Crippen LogP) is 0.912. The highest BCUT2D eigenvalue weighted by Gasteiger charge is 2.32. The fourth-order valence-corrected chi connectivity index (χ4v) is 3.21. The van der Waals surface area contributed by atoms with Gasteiger partial charge in [-0.2, -0.15) is 0 Å². The van der Waals surface area contributed by atoms with Crippen LogP contribution in [-0.2, 0) is 9.59 Å². The Bertz CT molecular complexity index is 332. The molecule has 2 amide bonds. The molecular weight excluding hydrogens is 278 g/mol. The average molecular weight is 304 g/mol. The van der Waals surface area contributed by atoms with Crippen molar-refractivity contribution in [2.75, 3.05) is 26.2 Å². The van der Waals surface area contributed by atoms with E-state index in [2.05, 4.69) is 5.32 Å². The van der Waals surface area contributed by atoms with E-state index in [4.69, 9.17) is 5.73 Å². The number of hydrogen-bond acceptors (Lipinski definition) is 3. The highest BCUT2D eigenvalue weighted by atomic mass is 35.5. The fraction of sp³-hybridized carbons (Fsp3) is 0.857. The summed E-state index contributed by atoms with van der Waals surface area (Å²) in [4.78, 5) is 25.9. The van der Waals surface area contributed by atoms with Crippen LogP contribution in [0.25, 0.3) is 0 Å². The summed E-state index contributed by atoms with van der Waals surface area (Å²) in [6.07, 6.45) is 6.38. The molecule has 0 radical (unpaired) electrons. The van der Waals surface area contributed by atoms with E-state index in [0.717, 1.165) is 45.2 Å². The molecule has 1 saturated carbocycles. The molecule has 0 unspecified atom stereocenters. The zero-order chi connectivity index (χ0) is 13.7. The summed E-state index contributed by atoms with van der Waals surface area (Å²) in [6, 6.07) is 0. The Labute approximate surface area is 127 Å². The van der Waals surface area contributed by atoms with Crippen molar-refractivity contribution in [1.29, 1.82) is 0 Å². The number of amides is 2. The molecule has 1 saturated heterocycles. The maximum Gasteiger partial charge on any atom is 0.241 e. The zero-order valence-corrected chi connectivity index (χ0v) is 12.8. The van der Waals surface area contributed by atoms with Gasteiger partial charge in [-0.05, 0) is 44.6 Å². The molecule has 1 aliphatic carbocycles. The van der Waals surface area contributed by atoms with Gasteiger partial charge in [-0.25, -0.2) is 0 Å². The summed E-state index contributed by atoms with van der Waals surface area (Å²) in [7, 11) is 0. The Morgan fingerprint density at radius 2 is 1.80 bits per heavy atom. The third kappa shape index (κ3) is 4.35. The molecule has 5 nitrogen and oxygen atoms in total. The van der Waals surface area contributed by atoms with Crippen LogP contribution in [-0.4, -0.2) is 42.9 Å². The van der Waals surface area contributed by atoms with E-state index < -0.39 is 0 Å². The quantitative estimate of drug-likeness (QED) is 0.810. The van der Waals surface area contributed by atoms with Crippen LogP contribution < -0.4 is 11.1 Å². The fourth-order valence-electron chi connectivity index (χ4n) is 3.21. The van der Waals surface area contributed by atoms with Crippen molar-refractivity contribution in [3.63, 3.8) is 0 Å². The Hall–Kier alpha value is -0.810. The molecule has 2 aliphatic rings. The number of nitrogens with two attached hydrogens (primary N) is 1. The van der Waals surface area contributed by atoms with E-state index in [-0.39, 0.29) is 36.7 Å². The first-order valence-electron chi connectivity index (χ1n) is 7.48. The first-order chi connectivity index (χ1) is 9.22. The van der Waals surface area contributed by atoms with Crippen LogP contribution in [0.2, 0.25) is 0 Å². The number of piperidine rings is 1. The van der Waals surface area contributed by atoms with Crippen molar-refractivity contribution < 1.29 is 9.59 Å². The molecule has 116 valence electrons. The van der Waals surface area contributed by atoms with Crippen LogP contribution in [0.15, 0.2) is 0 Å². The van der Waals surface area contributed by atoms with E-state index in [1.807, 2.05) is 4.90 Å². The number of hydrogen-bond donors (Lipinski definition) is 2. The van der Waals surface area contributed by atoms with Gasteiger partial charge in [0.15, 0.2) is 0 Å². The van der Waals surface area contributed by atoms with Crippen LogP contribution >= 0.6 is 12.4 Å². The predicted molar refractivity (Wildman–Crippen MR) is 80.6 cm³/mol. The van der Waals surface area contributed by atoms with Gasteiger partial charge in [-0.1, -0.05) is 6.42 Å². The number of rotatable bonds is 4. The van der Waals surface area contributed by atoms with Crippen molar-refractivity contribution in [3.8, 4) is 0 Å². The van der Waals surface area contributed by atoms with E-state index in [9.17, 15) is 9.59 Å². The number of carbonyl (C=O) groups excluding carboxylic acids is 2. The van der Waals surface area contributed by atoms with E-state index in [1.54, 1.807) is 0 Å². The van der Waals surface area contributed by atoms with E-state index in [0.29, 0.717) is 12.5 Å². The van der Waals surface area contributed by atoms with Crippen LogP contribution in [0.3, 0.4) is 0 Å². The summed E-state index contributed by atoms with van der Waals surface area (Å²) >= 11 is 0. The highest BCUT2D eigenvalue weighted by molar-refractivity contribution is 5.86. The van der Waals surface area contributed by atoms with Gasteiger partial charge in [0.2, 0.25) is 11.8 Å². The van der Waals surface area contributed by atoms with Gasteiger partial charge in [-0.15, -0.1) is 12.4 Å². The van der Waals surface area contributed by atoms with Crippen molar-refractivity contribution in [1.82, 2.24) is 10.2 Å². The van der Waals surface area contributed by atoms with Crippen molar-refractivity contribution >= 4 is 24.2 Å². The van der Waals surface area contributed by atoms with Crippen molar-refractivity contribution in [2.24, 2.45) is 17.6 Å². The topological polar surface area (TPSA) is 75.4 Å². The summed E-state index contributed by atoms with van der Waals surface area (Å²) in [5.41, 5.74) is 5.68. The standard InChI is InChI=1S/C14H25N3O2.ClH/c15-9-11-5-4-6-12(11)14(19)16-10-13(18)17-7-2-1-3-8-17;/h11-12H,1-10,15H2,(H,16,19);1H/t11-,12-;/m1./s1. The minimum Gasteiger partial charge on any atom is -0.347 e. The largest absolute Gasteiger partial charge is 0.347 e. The maximum absolute atomic E-state index is 12.1. The van der Waals surface area contributed by atoms with Gasteiger partial charge in [-0.3, -0.25) is 9.59 Å². The van der Waals surface area contributed by atoms with Gasteiger partial charge in [0.05, 0.1) is 6.54 Å². The molecule has 6 heteroatoms. The molecule has 0 aromatic heterocycles. The van der Waals surface area contributed by atoms with Gasteiger partial charge in [0.25, 0.3) is 0 Å². The van der Waals surface area contributed by atoms with Gasteiger partial charge >= 0.3 is 0 Å². The molecule has 0 spiro atoms. The minimum absolute atomic E-state index is 0. The number of carbonyl (C=O) groups is 2. The molecule has 2 rings (SSSR count). The number of halogens is 1. The van der Waals surface area contributed by atoms with Gasteiger partial charge in [0.1, 0.15) is 0 Å². The van der Waals surface area contributed by atoms with E-state index in [1.165, 1.54) is 6.42 Å². The molecule has 20 heavy (non-hydrogen) atoms. The SMILES string of the molecule is Cl.NC[C@H]1CCC[C@H]1C(=O)NCC(=O)N1CCCCC1. The molecule has 3 N–H and O–H groups in total. The molecule has 0 aromatic carbocycles. The second kappa shape index (κ2) is 8.47. The highest BCUT2D eigenvalue weighted by Crippen LogP contribution is 2.30. The lowest BCUT2D eigenvalue weighted by molar-refractivity contribution is -0.134. The first kappa shape index (κ1) is 17.2. The maximum atomic E-state index is 12.1. The lowest BCUT2D eigenvalue weighted by Crippen LogP contribution is -2.44. The molecule has 0 bridgehead atoms. The Kier molecular flexibility index (Phi) is 7.30. The smallest absolute Gasteiger partial charge is 0.241 e. The lowest BCUT2D eigenvalue weighted by Gasteiger charge is -2.27. The number of nitrogens with one attached hydrogen (secondary N) is 1. The average Bonchev–Trinajstić information content (AvgIpc) is 2.93. The minimum atomic E-state index is 0. The Balaban J connectivity index is 0.00000200. The lowest BCUT2D eigenvalue weighted by atomic mass is 9.95. The normalized spacial score (nSPS) is 25.9. The third-order valence-electron chi connectivity index (χ3n) is 4.42. The van der Waals surface area contributed by atoms with Gasteiger partial charge in [0, 0.05) is 19.0 Å². The molecule has 1 heterocycles. The molecule has 2 fully saturated rings. The molecule has 2 atom stereocenters. The monoisotopic (exact) mass is 303 g/mol. The van der Waals surface area contributed by atoms with Crippen molar-refractivity contribution in [2.45, 2.75) is 38.5 Å². The Morgan fingerprint density at radius 3 is 2.45 bits per heavy atom. The van der Waals surface area contributed by atoms with Crippen LogP contribution in [0.5, 0.6) is 0 Å². The van der Waals surface area contributed by atoms with E-state index >= 15 is 0 Å². The molecule has 1 aliphatic heterocycles. The second-order valence-corrected chi connectivity index (χ2v) is 5.69. The van der Waals surface area contributed by atoms with Crippen molar-refractivity contribution in [3.05, 3.63) is 0 Å². The summed E-state index contributed by atoms with van der Waals surface area (Å²) in [5, 5.41) is 2.80. The zero-order valence-electron chi connectivity index (χ0n) is 12.0. The summed E-state index contributed by atoms with van der Waals surface area (Å²) in [6.45, 7) is 2.39. The number of likely N-dealkylation sites (tertiary alicyclic amines) is 1. The first-order valence-corrected chi connectivity index (χ1v) is 7.48. The second-order valence-electron chi connectivity index (χ2n) is 5.69. The Morgan fingerprint density at radius 1 is 1.10 bits per heavy atom. The molecule has 0 aromatic rings. The molecular formula is C14H26ClN3O2. The van der Waals surface area contributed by atoms with Gasteiger partial charge < -0.3 is 16.0 Å². The third-order valence-corrected chi connectivity index (χ3v) is 4.42. The number of nitrogens with zero attached hydrogens (tertiary/aromatic N) is 1.